The quantitative estimate of drug-likeness (QED) is 0.522. The molecule has 0 bridgehead atoms. The topological polar surface area (TPSA) is 86.6 Å². The minimum atomic E-state index is -1.09. The number of allylic oxidation sites excluding steroid dienone is 2. The highest BCUT2D eigenvalue weighted by Gasteiger charge is 2.14. The van der Waals surface area contributed by atoms with Crippen molar-refractivity contribution in [3.05, 3.63) is 23.4 Å². The Bertz CT molecular complexity index is 260. The fraction of sp³-hybridized carbons (Fsp3) is 0.143. The summed E-state index contributed by atoms with van der Waals surface area (Å²) >= 11 is 0. The van der Waals surface area contributed by atoms with Crippen molar-refractivity contribution >= 4 is 11.9 Å². The Morgan fingerprint density at radius 3 is 2.25 bits per heavy atom. The van der Waals surface area contributed by atoms with E-state index in [1.54, 1.807) is 0 Å². The average molecular weight is 169 g/mol. The molecule has 0 saturated carbocycles. The SMILES string of the molecule is O=C(O)C1=CC=C(C(=O)O)NC1. The first-order chi connectivity index (χ1) is 5.61. The summed E-state index contributed by atoms with van der Waals surface area (Å²) in [5.41, 5.74) is 0.167. The van der Waals surface area contributed by atoms with E-state index in [0.29, 0.717) is 0 Å². The number of carbonyl (C=O) groups is 2. The molecule has 1 heterocycles. The lowest BCUT2D eigenvalue weighted by Gasteiger charge is -2.10. The molecule has 0 spiro atoms. The van der Waals surface area contributed by atoms with Crippen LogP contribution in [0.25, 0.3) is 0 Å². The number of nitrogens with one attached hydrogen (secondary N) is 1. The van der Waals surface area contributed by atoms with E-state index >= 15 is 0 Å². The van der Waals surface area contributed by atoms with Gasteiger partial charge in [0.05, 0.1) is 5.57 Å². The van der Waals surface area contributed by atoms with E-state index in [9.17, 15) is 9.59 Å². The molecule has 0 aliphatic carbocycles. The number of carboxylic acid groups (broad SMARTS) is 2. The molecule has 1 aliphatic heterocycles. The van der Waals surface area contributed by atoms with E-state index in [0.717, 1.165) is 0 Å². The van der Waals surface area contributed by atoms with Gasteiger partial charge in [-0.3, -0.25) is 0 Å². The predicted octanol–water partition coefficient (Wildman–Crippen LogP) is -0.431. The van der Waals surface area contributed by atoms with Gasteiger partial charge in [0.2, 0.25) is 0 Å². The monoisotopic (exact) mass is 169 g/mol. The van der Waals surface area contributed by atoms with E-state index in [1.165, 1.54) is 12.2 Å². The zero-order chi connectivity index (χ0) is 9.14. The van der Waals surface area contributed by atoms with Crippen LogP contribution in [0.5, 0.6) is 0 Å². The minimum absolute atomic E-state index is 0.0139. The number of hydrogen-bond donors (Lipinski definition) is 3. The molecular formula is C7H7NO4. The highest BCUT2D eigenvalue weighted by atomic mass is 16.4. The van der Waals surface area contributed by atoms with Crippen LogP contribution < -0.4 is 5.32 Å². The fourth-order valence-corrected chi connectivity index (χ4v) is 0.786. The molecule has 5 heteroatoms. The lowest BCUT2D eigenvalue weighted by Crippen LogP contribution is -2.27. The molecule has 1 aliphatic rings. The Balaban J connectivity index is 2.80. The third-order valence-corrected chi connectivity index (χ3v) is 1.43. The van der Waals surface area contributed by atoms with Gasteiger partial charge in [0, 0.05) is 6.54 Å². The number of rotatable bonds is 2. The second-order valence-electron chi connectivity index (χ2n) is 2.24. The first kappa shape index (κ1) is 8.32. The van der Waals surface area contributed by atoms with E-state index in [4.69, 9.17) is 10.2 Å². The predicted molar refractivity (Wildman–Crippen MR) is 39.4 cm³/mol. The molecule has 0 fully saturated rings. The summed E-state index contributed by atoms with van der Waals surface area (Å²) < 4.78 is 0. The Kier molecular flexibility index (Phi) is 2.14. The maximum Gasteiger partial charge on any atom is 0.351 e. The first-order valence-corrected chi connectivity index (χ1v) is 3.22. The largest absolute Gasteiger partial charge is 0.478 e. The van der Waals surface area contributed by atoms with Crippen molar-refractivity contribution in [1.82, 2.24) is 5.32 Å². The van der Waals surface area contributed by atoms with E-state index in [-0.39, 0.29) is 17.8 Å². The molecule has 0 unspecified atom stereocenters. The Hall–Kier alpha value is -1.78. The van der Waals surface area contributed by atoms with Crippen LogP contribution in [0.1, 0.15) is 0 Å². The van der Waals surface area contributed by atoms with Crippen molar-refractivity contribution in [2.45, 2.75) is 0 Å². The van der Waals surface area contributed by atoms with Crippen LogP contribution in [0, 0.1) is 0 Å². The molecule has 0 aromatic rings. The van der Waals surface area contributed by atoms with Crippen molar-refractivity contribution in [2.75, 3.05) is 6.54 Å². The molecule has 0 saturated heterocycles. The second-order valence-corrected chi connectivity index (χ2v) is 2.24. The lowest BCUT2D eigenvalue weighted by atomic mass is 10.2. The summed E-state index contributed by atoms with van der Waals surface area (Å²) in [6, 6.07) is 0. The molecule has 0 aromatic carbocycles. The van der Waals surface area contributed by atoms with Crippen LogP contribution in [0.2, 0.25) is 0 Å². The van der Waals surface area contributed by atoms with Gasteiger partial charge in [-0.1, -0.05) is 0 Å². The highest BCUT2D eigenvalue weighted by Crippen LogP contribution is 2.03. The van der Waals surface area contributed by atoms with Crippen molar-refractivity contribution in [3.63, 3.8) is 0 Å². The van der Waals surface area contributed by atoms with Gasteiger partial charge >= 0.3 is 11.9 Å². The molecular weight excluding hydrogens is 162 g/mol. The van der Waals surface area contributed by atoms with Crippen LogP contribution >= 0.6 is 0 Å². The second kappa shape index (κ2) is 3.08. The van der Waals surface area contributed by atoms with Crippen LogP contribution in [-0.4, -0.2) is 28.7 Å². The van der Waals surface area contributed by atoms with Gasteiger partial charge in [-0.2, -0.15) is 0 Å². The van der Waals surface area contributed by atoms with Gasteiger partial charge in [-0.05, 0) is 12.2 Å². The molecule has 1 rings (SSSR count). The summed E-state index contributed by atoms with van der Waals surface area (Å²) in [5.74, 6) is -2.13. The molecule has 64 valence electrons. The molecule has 0 atom stereocenters. The van der Waals surface area contributed by atoms with Gasteiger partial charge in [-0.15, -0.1) is 0 Å². The van der Waals surface area contributed by atoms with Crippen LogP contribution in [0.3, 0.4) is 0 Å². The maximum atomic E-state index is 10.3. The van der Waals surface area contributed by atoms with Crippen molar-refractivity contribution in [2.24, 2.45) is 0 Å². The number of carboxylic acids is 2. The summed E-state index contributed by atoms with van der Waals surface area (Å²) in [7, 11) is 0. The zero-order valence-electron chi connectivity index (χ0n) is 6.07. The summed E-state index contributed by atoms with van der Waals surface area (Å²) in [5, 5.41) is 19.4. The number of dihydropyridines is 1. The van der Waals surface area contributed by atoms with Gasteiger partial charge in [-0.25, -0.2) is 9.59 Å². The molecule has 12 heavy (non-hydrogen) atoms. The average Bonchev–Trinajstić information content (AvgIpc) is 2.04. The van der Waals surface area contributed by atoms with E-state index in [1.807, 2.05) is 0 Å². The standard InChI is InChI=1S/C7H7NO4/c9-6(10)4-1-2-5(7(11)12)8-3-4/h1-2,8H,3H2,(H,9,10)(H,11,12). The molecule has 0 aromatic heterocycles. The fourth-order valence-electron chi connectivity index (χ4n) is 0.786. The lowest BCUT2D eigenvalue weighted by molar-refractivity contribution is -0.134. The van der Waals surface area contributed by atoms with Crippen LogP contribution in [-0.2, 0) is 9.59 Å². The van der Waals surface area contributed by atoms with Crippen molar-refractivity contribution in [3.8, 4) is 0 Å². The normalized spacial score (nSPS) is 15.7. The van der Waals surface area contributed by atoms with Gasteiger partial charge in [0.1, 0.15) is 5.70 Å². The third kappa shape index (κ3) is 1.63. The Morgan fingerprint density at radius 2 is 1.92 bits per heavy atom. The Morgan fingerprint density at radius 1 is 1.25 bits per heavy atom. The number of aliphatic carboxylic acids is 2. The highest BCUT2D eigenvalue weighted by molar-refractivity contribution is 5.91. The summed E-state index contributed by atoms with van der Waals surface area (Å²) in [6.07, 6.45) is 2.51. The third-order valence-electron chi connectivity index (χ3n) is 1.43. The van der Waals surface area contributed by atoms with Crippen molar-refractivity contribution in [1.29, 1.82) is 0 Å². The molecule has 3 N–H and O–H groups in total. The first-order valence-electron chi connectivity index (χ1n) is 3.22. The number of hydrogen-bond acceptors (Lipinski definition) is 3. The van der Waals surface area contributed by atoms with Crippen LogP contribution in [0.4, 0.5) is 0 Å². The van der Waals surface area contributed by atoms with Crippen molar-refractivity contribution < 1.29 is 19.8 Å². The molecule has 5 nitrogen and oxygen atoms in total. The van der Waals surface area contributed by atoms with E-state index < -0.39 is 11.9 Å². The zero-order valence-corrected chi connectivity index (χ0v) is 6.07. The summed E-state index contributed by atoms with van der Waals surface area (Å²) in [6.45, 7) is 0.0491. The van der Waals surface area contributed by atoms with Gasteiger partial charge in [0.15, 0.2) is 0 Å². The molecule has 0 radical (unpaired) electrons. The molecule has 0 amide bonds. The van der Waals surface area contributed by atoms with Crippen LogP contribution in [0.15, 0.2) is 23.4 Å². The Labute approximate surface area is 68.0 Å². The van der Waals surface area contributed by atoms with Gasteiger partial charge < -0.3 is 15.5 Å². The summed E-state index contributed by atoms with van der Waals surface area (Å²) in [4.78, 5) is 20.7. The minimum Gasteiger partial charge on any atom is -0.478 e. The maximum absolute atomic E-state index is 10.3. The van der Waals surface area contributed by atoms with E-state index in [2.05, 4.69) is 5.32 Å². The van der Waals surface area contributed by atoms with Gasteiger partial charge in [0.25, 0.3) is 0 Å². The smallest absolute Gasteiger partial charge is 0.351 e.